The van der Waals surface area contributed by atoms with E-state index in [1.165, 1.54) is 0 Å². The van der Waals surface area contributed by atoms with E-state index < -0.39 is 0 Å². The Morgan fingerprint density at radius 2 is 2.13 bits per heavy atom. The molecule has 2 aromatic rings. The highest BCUT2D eigenvalue weighted by molar-refractivity contribution is 8.12. The van der Waals surface area contributed by atoms with E-state index in [0.717, 1.165) is 23.0 Å². The molecular formula is C10H11N3OS. The van der Waals surface area contributed by atoms with Crippen LogP contribution in [0.2, 0.25) is 0 Å². The maximum atomic E-state index is 11.5. The van der Waals surface area contributed by atoms with E-state index in [1.54, 1.807) is 29.3 Å². The van der Waals surface area contributed by atoms with E-state index in [0.29, 0.717) is 0 Å². The monoisotopic (exact) mass is 221 g/mol. The van der Waals surface area contributed by atoms with Gasteiger partial charge >= 0.3 is 5.24 Å². The van der Waals surface area contributed by atoms with Gasteiger partial charge in [0.05, 0.1) is 23.0 Å². The van der Waals surface area contributed by atoms with Gasteiger partial charge in [-0.3, -0.25) is 8.77 Å². The van der Waals surface area contributed by atoms with Gasteiger partial charge in [0, 0.05) is 14.1 Å². The van der Waals surface area contributed by atoms with Gasteiger partial charge in [-0.25, -0.2) is 4.98 Å². The van der Waals surface area contributed by atoms with Crippen molar-refractivity contribution in [3.05, 3.63) is 30.6 Å². The average molecular weight is 221 g/mol. The number of nitrogens with zero attached hydrogens (tertiary/aromatic N) is 3. The number of carbonyl (C=O) groups excluding carboxylic acids is 1. The van der Waals surface area contributed by atoms with E-state index in [9.17, 15) is 4.79 Å². The smallest absolute Gasteiger partial charge is 0.302 e. The molecule has 0 N–H and O–H groups in total. The van der Waals surface area contributed by atoms with Crippen molar-refractivity contribution in [2.45, 2.75) is 0 Å². The summed E-state index contributed by atoms with van der Waals surface area (Å²) < 4.78 is 1.78. The topological polar surface area (TPSA) is 38.1 Å². The van der Waals surface area contributed by atoms with Gasteiger partial charge in [0.15, 0.2) is 0 Å². The highest BCUT2D eigenvalue weighted by Crippen LogP contribution is 2.19. The summed E-state index contributed by atoms with van der Waals surface area (Å²) in [7, 11) is 3.46. The predicted octanol–water partition coefficient (Wildman–Crippen LogP) is 2.21. The largest absolute Gasteiger partial charge is 0.338 e. The van der Waals surface area contributed by atoms with Crippen molar-refractivity contribution in [1.29, 1.82) is 0 Å². The van der Waals surface area contributed by atoms with Crippen molar-refractivity contribution in [2.75, 3.05) is 14.1 Å². The Labute approximate surface area is 92.0 Å². The molecule has 5 heteroatoms. The van der Waals surface area contributed by atoms with Crippen LogP contribution in [0.3, 0.4) is 0 Å². The van der Waals surface area contributed by atoms with Gasteiger partial charge in [-0.1, -0.05) is 12.1 Å². The Hall–Kier alpha value is -1.49. The van der Waals surface area contributed by atoms with Crippen molar-refractivity contribution >= 4 is 28.2 Å². The molecule has 0 saturated heterocycles. The molecule has 0 unspecified atom stereocenters. The number of imidazole rings is 1. The van der Waals surface area contributed by atoms with E-state index in [4.69, 9.17) is 0 Å². The van der Waals surface area contributed by atoms with Crippen LogP contribution in [0, 0.1) is 0 Å². The number of benzene rings is 1. The lowest BCUT2D eigenvalue weighted by molar-refractivity contribution is 0.241. The lowest BCUT2D eigenvalue weighted by Gasteiger charge is -2.09. The SMILES string of the molecule is CN(C)C(=O)Sn1cnc2ccccc21. The Kier molecular flexibility index (Phi) is 2.64. The molecule has 78 valence electrons. The van der Waals surface area contributed by atoms with Crippen LogP contribution in [0.4, 0.5) is 4.79 Å². The molecule has 2 rings (SSSR count). The molecule has 0 fully saturated rings. The number of hydrogen-bond donors (Lipinski definition) is 0. The van der Waals surface area contributed by atoms with Crippen molar-refractivity contribution in [3.8, 4) is 0 Å². The van der Waals surface area contributed by atoms with Gasteiger partial charge in [-0.15, -0.1) is 0 Å². The maximum Gasteiger partial charge on any atom is 0.302 e. The highest BCUT2D eigenvalue weighted by atomic mass is 32.2. The fraction of sp³-hybridized carbons (Fsp3) is 0.200. The molecule has 4 nitrogen and oxygen atoms in total. The zero-order chi connectivity index (χ0) is 10.8. The van der Waals surface area contributed by atoms with Crippen molar-refractivity contribution in [1.82, 2.24) is 13.9 Å². The Bertz CT molecular complexity index is 492. The highest BCUT2D eigenvalue weighted by Gasteiger charge is 2.09. The first-order chi connectivity index (χ1) is 7.18. The van der Waals surface area contributed by atoms with Gasteiger partial charge in [0.1, 0.15) is 6.33 Å². The quantitative estimate of drug-likeness (QED) is 0.741. The minimum absolute atomic E-state index is 0.0156. The normalized spacial score (nSPS) is 10.5. The second kappa shape index (κ2) is 3.94. The standard InChI is InChI=1S/C10H11N3OS/c1-12(2)10(14)15-13-7-11-8-5-3-4-6-9(8)13/h3-7H,1-2H3. The molecular weight excluding hydrogens is 210 g/mol. The zero-order valence-corrected chi connectivity index (χ0v) is 9.36. The summed E-state index contributed by atoms with van der Waals surface area (Å²) in [5.41, 5.74) is 1.86. The second-order valence-corrected chi connectivity index (χ2v) is 4.24. The summed E-state index contributed by atoms with van der Waals surface area (Å²) in [4.78, 5) is 17.2. The van der Waals surface area contributed by atoms with Crippen LogP contribution in [-0.2, 0) is 0 Å². The summed E-state index contributed by atoms with van der Waals surface area (Å²) in [6, 6.07) is 7.73. The number of para-hydroxylation sites is 2. The molecule has 0 spiro atoms. The third-order valence-corrected chi connectivity index (χ3v) is 2.97. The molecule has 0 aliphatic heterocycles. The fourth-order valence-electron chi connectivity index (χ4n) is 1.18. The van der Waals surface area contributed by atoms with Crippen LogP contribution in [0.1, 0.15) is 0 Å². The summed E-state index contributed by atoms with van der Waals surface area (Å²) in [6.07, 6.45) is 1.66. The molecule has 0 bridgehead atoms. The van der Waals surface area contributed by atoms with Crippen LogP contribution in [0.15, 0.2) is 30.6 Å². The molecule has 1 amide bonds. The first-order valence-corrected chi connectivity index (χ1v) is 5.27. The maximum absolute atomic E-state index is 11.5. The molecule has 0 saturated carbocycles. The lowest BCUT2D eigenvalue weighted by Crippen LogP contribution is -2.17. The average Bonchev–Trinajstić information content (AvgIpc) is 2.62. The third kappa shape index (κ3) is 1.97. The van der Waals surface area contributed by atoms with Gasteiger partial charge in [-0.05, 0) is 12.1 Å². The van der Waals surface area contributed by atoms with Crippen LogP contribution < -0.4 is 0 Å². The van der Waals surface area contributed by atoms with Gasteiger partial charge in [0.2, 0.25) is 0 Å². The van der Waals surface area contributed by atoms with Crippen molar-refractivity contribution < 1.29 is 4.79 Å². The predicted molar refractivity (Wildman–Crippen MR) is 61.8 cm³/mol. The molecule has 1 aromatic heterocycles. The summed E-state index contributed by atoms with van der Waals surface area (Å²) in [6.45, 7) is 0. The lowest BCUT2D eigenvalue weighted by atomic mass is 10.3. The fourth-order valence-corrected chi connectivity index (χ4v) is 1.85. The zero-order valence-electron chi connectivity index (χ0n) is 8.54. The number of amides is 1. The minimum atomic E-state index is -0.0156. The van der Waals surface area contributed by atoms with E-state index >= 15 is 0 Å². The molecule has 1 heterocycles. The summed E-state index contributed by atoms with van der Waals surface area (Å²) in [5.74, 6) is 0. The van der Waals surface area contributed by atoms with E-state index in [2.05, 4.69) is 4.98 Å². The second-order valence-electron chi connectivity index (χ2n) is 3.31. The Morgan fingerprint density at radius 3 is 2.87 bits per heavy atom. The Balaban J connectivity index is 2.33. The first-order valence-electron chi connectivity index (χ1n) is 4.50. The van der Waals surface area contributed by atoms with E-state index in [-0.39, 0.29) is 5.24 Å². The molecule has 0 atom stereocenters. The molecule has 1 aromatic carbocycles. The van der Waals surface area contributed by atoms with Crippen LogP contribution >= 0.6 is 11.9 Å². The molecule has 15 heavy (non-hydrogen) atoms. The van der Waals surface area contributed by atoms with Gasteiger partial charge in [0.25, 0.3) is 0 Å². The Morgan fingerprint density at radius 1 is 1.40 bits per heavy atom. The van der Waals surface area contributed by atoms with Gasteiger partial charge in [-0.2, -0.15) is 0 Å². The van der Waals surface area contributed by atoms with Crippen LogP contribution in [-0.4, -0.2) is 33.2 Å². The number of rotatable bonds is 1. The molecule has 0 radical (unpaired) electrons. The number of aromatic nitrogens is 2. The number of hydrogen-bond acceptors (Lipinski definition) is 3. The molecule has 0 aliphatic carbocycles. The number of carbonyl (C=O) groups is 1. The first kappa shape index (κ1) is 10.0. The van der Waals surface area contributed by atoms with E-state index in [1.807, 2.05) is 24.3 Å². The third-order valence-electron chi connectivity index (χ3n) is 1.96. The number of fused-ring (bicyclic) bond motifs is 1. The van der Waals surface area contributed by atoms with Gasteiger partial charge < -0.3 is 4.90 Å². The van der Waals surface area contributed by atoms with Crippen molar-refractivity contribution in [3.63, 3.8) is 0 Å². The van der Waals surface area contributed by atoms with Crippen molar-refractivity contribution in [2.24, 2.45) is 0 Å². The van der Waals surface area contributed by atoms with Crippen LogP contribution in [0.25, 0.3) is 11.0 Å². The van der Waals surface area contributed by atoms with Crippen LogP contribution in [0.5, 0.6) is 0 Å². The summed E-state index contributed by atoms with van der Waals surface area (Å²) >= 11 is 1.13. The minimum Gasteiger partial charge on any atom is -0.338 e. The molecule has 0 aliphatic rings. The summed E-state index contributed by atoms with van der Waals surface area (Å²) in [5, 5.41) is -0.0156.